The maximum Gasteiger partial charge on any atom is 0.146 e. The van der Waals surface area contributed by atoms with E-state index in [0.29, 0.717) is 0 Å². The number of benzene rings is 1. The van der Waals surface area contributed by atoms with Gasteiger partial charge in [0.15, 0.2) is 0 Å². The molecule has 0 unspecified atom stereocenters. The monoisotopic (exact) mass is 320 g/mol. The van der Waals surface area contributed by atoms with Gasteiger partial charge in [0.2, 0.25) is 0 Å². The summed E-state index contributed by atoms with van der Waals surface area (Å²) in [6.07, 6.45) is 1.56. The highest BCUT2D eigenvalue weighted by Gasteiger charge is 2.07. The van der Waals surface area contributed by atoms with E-state index in [2.05, 4.69) is 67.7 Å². The van der Waals surface area contributed by atoms with Crippen molar-refractivity contribution in [2.45, 2.75) is 20.4 Å². The molecule has 19 heavy (non-hydrogen) atoms. The number of nitrogens with one attached hydrogen (secondary N) is 2. The number of halogens is 1. The Kier molecular flexibility index (Phi) is 4.74. The Morgan fingerprint density at radius 2 is 1.68 bits per heavy atom. The van der Waals surface area contributed by atoms with Crippen LogP contribution in [-0.2, 0) is 6.54 Å². The fraction of sp³-hybridized carbons (Fsp3) is 0.286. The number of anilines is 2. The maximum atomic E-state index is 4.24. The molecule has 0 aliphatic carbocycles. The van der Waals surface area contributed by atoms with E-state index in [1.807, 2.05) is 6.92 Å². The molecular formula is C14H17BrN4. The standard InChI is InChI=1S/C14H17BrN4/c1-3-16-13-12(15)14(19-9-18-13)17-8-11-6-4-10(2)5-7-11/h4-7,9H,3,8H2,1-2H3,(H2,16,17,18,19). The van der Waals surface area contributed by atoms with Crippen LogP contribution in [0, 0.1) is 6.92 Å². The van der Waals surface area contributed by atoms with Crippen LogP contribution in [0.5, 0.6) is 0 Å². The molecule has 1 aromatic carbocycles. The summed E-state index contributed by atoms with van der Waals surface area (Å²) in [5, 5.41) is 6.49. The summed E-state index contributed by atoms with van der Waals surface area (Å²) in [6.45, 7) is 5.68. The summed E-state index contributed by atoms with van der Waals surface area (Å²) in [5.74, 6) is 1.61. The molecule has 2 aromatic rings. The summed E-state index contributed by atoms with van der Waals surface area (Å²) < 4.78 is 0.865. The van der Waals surface area contributed by atoms with E-state index in [4.69, 9.17) is 0 Å². The van der Waals surface area contributed by atoms with Crippen LogP contribution >= 0.6 is 15.9 Å². The van der Waals surface area contributed by atoms with Crippen LogP contribution in [0.1, 0.15) is 18.1 Å². The number of hydrogen-bond acceptors (Lipinski definition) is 4. The van der Waals surface area contributed by atoms with Gasteiger partial charge in [0.1, 0.15) is 22.4 Å². The van der Waals surface area contributed by atoms with Crippen LogP contribution in [0.25, 0.3) is 0 Å². The van der Waals surface area contributed by atoms with Gasteiger partial charge >= 0.3 is 0 Å². The molecule has 1 heterocycles. The van der Waals surface area contributed by atoms with Crippen molar-refractivity contribution in [3.05, 3.63) is 46.2 Å². The van der Waals surface area contributed by atoms with Crippen LogP contribution in [0.4, 0.5) is 11.6 Å². The molecule has 0 spiro atoms. The quantitative estimate of drug-likeness (QED) is 0.883. The first-order valence-corrected chi connectivity index (χ1v) is 7.03. The molecule has 4 nitrogen and oxygen atoms in total. The Morgan fingerprint density at radius 3 is 2.32 bits per heavy atom. The lowest BCUT2D eigenvalue weighted by atomic mass is 10.1. The Labute approximate surface area is 121 Å². The average molecular weight is 321 g/mol. The molecule has 0 bridgehead atoms. The van der Waals surface area contributed by atoms with E-state index >= 15 is 0 Å². The third kappa shape index (κ3) is 3.67. The largest absolute Gasteiger partial charge is 0.369 e. The van der Waals surface area contributed by atoms with Gasteiger partial charge in [-0.3, -0.25) is 0 Å². The van der Waals surface area contributed by atoms with Crippen LogP contribution in [0.2, 0.25) is 0 Å². The fourth-order valence-corrected chi connectivity index (χ4v) is 2.16. The van der Waals surface area contributed by atoms with Gasteiger partial charge in [-0.25, -0.2) is 9.97 Å². The number of hydrogen-bond donors (Lipinski definition) is 2. The molecular weight excluding hydrogens is 304 g/mol. The van der Waals surface area contributed by atoms with Gasteiger partial charge < -0.3 is 10.6 Å². The zero-order valence-electron chi connectivity index (χ0n) is 11.1. The average Bonchev–Trinajstić information content (AvgIpc) is 2.42. The number of nitrogens with zero attached hydrogens (tertiary/aromatic N) is 2. The fourth-order valence-electron chi connectivity index (χ4n) is 1.68. The smallest absolute Gasteiger partial charge is 0.146 e. The Balaban J connectivity index is 2.07. The minimum atomic E-state index is 0.738. The van der Waals surface area contributed by atoms with Gasteiger partial charge in [0.25, 0.3) is 0 Å². The third-order valence-electron chi connectivity index (χ3n) is 2.71. The second kappa shape index (κ2) is 6.52. The summed E-state index contributed by atoms with van der Waals surface area (Å²) >= 11 is 3.52. The zero-order chi connectivity index (χ0) is 13.7. The van der Waals surface area contributed by atoms with Crippen molar-refractivity contribution in [2.75, 3.05) is 17.2 Å². The second-order valence-corrected chi connectivity index (χ2v) is 5.05. The molecule has 0 atom stereocenters. The summed E-state index contributed by atoms with van der Waals surface area (Å²) in [6, 6.07) is 8.44. The molecule has 0 radical (unpaired) electrons. The molecule has 0 fully saturated rings. The van der Waals surface area contributed by atoms with Crippen LogP contribution in [0.15, 0.2) is 35.1 Å². The van der Waals surface area contributed by atoms with Gasteiger partial charge in [-0.05, 0) is 35.3 Å². The van der Waals surface area contributed by atoms with E-state index in [1.165, 1.54) is 11.1 Å². The molecule has 2 N–H and O–H groups in total. The van der Waals surface area contributed by atoms with Crippen LogP contribution in [0.3, 0.4) is 0 Å². The van der Waals surface area contributed by atoms with Crippen molar-refractivity contribution in [3.8, 4) is 0 Å². The lowest BCUT2D eigenvalue weighted by Crippen LogP contribution is -2.06. The summed E-state index contributed by atoms with van der Waals surface area (Å²) in [7, 11) is 0. The van der Waals surface area contributed by atoms with Crippen molar-refractivity contribution in [3.63, 3.8) is 0 Å². The van der Waals surface area contributed by atoms with E-state index in [-0.39, 0.29) is 0 Å². The number of aromatic nitrogens is 2. The van der Waals surface area contributed by atoms with Crippen molar-refractivity contribution >= 4 is 27.6 Å². The molecule has 0 amide bonds. The minimum absolute atomic E-state index is 0.738. The molecule has 1 aromatic heterocycles. The van der Waals surface area contributed by atoms with Crippen molar-refractivity contribution in [1.82, 2.24) is 9.97 Å². The molecule has 2 rings (SSSR count). The van der Waals surface area contributed by atoms with Gasteiger partial charge in [-0.15, -0.1) is 0 Å². The lowest BCUT2D eigenvalue weighted by Gasteiger charge is -2.11. The molecule has 5 heteroatoms. The molecule has 0 aliphatic rings. The normalized spacial score (nSPS) is 10.3. The summed E-state index contributed by atoms with van der Waals surface area (Å²) in [5.41, 5.74) is 2.49. The molecule has 0 aliphatic heterocycles. The first-order valence-electron chi connectivity index (χ1n) is 6.24. The van der Waals surface area contributed by atoms with Crippen molar-refractivity contribution in [2.24, 2.45) is 0 Å². The highest BCUT2D eigenvalue weighted by Crippen LogP contribution is 2.26. The van der Waals surface area contributed by atoms with Crippen LogP contribution < -0.4 is 10.6 Å². The van der Waals surface area contributed by atoms with Gasteiger partial charge in [-0.2, -0.15) is 0 Å². The minimum Gasteiger partial charge on any atom is -0.369 e. The van der Waals surface area contributed by atoms with E-state index in [9.17, 15) is 0 Å². The highest BCUT2D eigenvalue weighted by atomic mass is 79.9. The maximum absolute atomic E-state index is 4.24. The van der Waals surface area contributed by atoms with Crippen LogP contribution in [-0.4, -0.2) is 16.5 Å². The third-order valence-corrected chi connectivity index (χ3v) is 3.47. The first-order chi connectivity index (χ1) is 9.20. The number of rotatable bonds is 5. The number of aryl methyl sites for hydroxylation is 1. The SMILES string of the molecule is CCNc1ncnc(NCc2ccc(C)cc2)c1Br. The molecule has 100 valence electrons. The highest BCUT2D eigenvalue weighted by molar-refractivity contribution is 9.10. The van der Waals surface area contributed by atoms with E-state index in [1.54, 1.807) is 6.33 Å². The lowest BCUT2D eigenvalue weighted by molar-refractivity contribution is 1.05. The summed E-state index contributed by atoms with van der Waals surface area (Å²) in [4.78, 5) is 8.43. The predicted molar refractivity (Wildman–Crippen MR) is 82.4 cm³/mol. The van der Waals surface area contributed by atoms with Gasteiger partial charge in [0.05, 0.1) is 0 Å². The molecule has 0 saturated carbocycles. The van der Waals surface area contributed by atoms with Gasteiger partial charge in [-0.1, -0.05) is 29.8 Å². The second-order valence-electron chi connectivity index (χ2n) is 4.25. The van der Waals surface area contributed by atoms with E-state index in [0.717, 1.165) is 29.2 Å². The Bertz CT molecular complexity index is 540. The predicted octanol–water partition coefficient (Wildman–Crippen LogP) is 3.59. The topological polar surface area (TPSA) is 49.8 Å². The Hall–Kier alpha value is -1.62. The zero-order valence-corrected chi connectivity index (χ0v) is 12.7. The van der Waals surface area contributed by atoms with Gasteiger partial charge in [0, 0.05) is 13.1 Å². The first kappa shape index (κ1) is 13.8. The van der Waals surface area contributed by atoms with Crippen molar-refractivity contribution < 1.29 is 0 Å². The van der Waals surface area contributed by atoms with E-state index < -0.39 is 0 Å². The van der Waals surface area contributed by atoms with Crippen molar-refractivity contribution in [1.29, 1.82) is 0 Å². The molecule has 0 saturated heterocycles. The Morgan fingerprint density at radius 1 is 1.05 bits per heavy atom.